The van der Waals surface area contributed by atoms with Gasteiger partial charge in [-0.3, -0.25) is 4.79 Å². The normalized spacial score (nSPS) is 13.3. The van der Waals surface area contributed by atoms with Crippen LogP contribution in [-0.4, -0.2) is 28.0 Å². The van der Waals surface area contributed by atoms with Crippen LogP contribution in [0.1, 0.15) is 35.6 Å². The van der Waals surface area contributed by atoms with E-state index >= 15 is 0 Å². The number of halogens is 1. The number of hydrogen-bond acceptors (Lipinski definition) is 4. The first-order valence-electron chi connectivity index (χ1n) is 7.60. The van der Waals surface area contributed by atoms with Crippen LogP contribution in [0.15, 0.2) is 24.3 Å². The average molecular weight is 350 g/mol. The van der Waals surface area contributed by atoms with E-state index in [0.29, 0.717) is 27.6 Å². The molecule has 7 heteroatoms. The molecule has 1 aromatic heterocycles. The number of carboxylic acid groups (broad SMARTS) is 1. The molecule has 2 rings (SSSR count). The molecule has 2 aromatic rings. The largest absolute Gasteiger partial charge is 0.480 e. The van der Waals surface area contributed by atoms with Crippen molar-refractivity contribution in [1.29, 1.82) is 0 Å². The predicted octanol–water partition coefficient (Wildman–Crippen LogP) is 3.49. The monoisotopic (exact) mass is 350 g/mol. The second-order valence-corrected chi connectivity index (χ2v) is 6.61. The van der Waals surface area contributed by atoms with E-state index in [-0.39, 0.29) is 11.7 Å². The Balaban J connectivity index is 2.24. The zero-order valence-electron chi connectivity index (χ0n) is 13.7. The lowest BCUT2D eigenvalue weighted by Crippen LogP contribution is -2.44. The zero-order valence-corrected chi connectivity index (χ0v) is 14.5. The van der Waals surface area contributed by atoms with Gasteiger partial charge in [0.15, 0.2) is 0 Å². The van der Waals surface area contributed by atoms with E-state index in [9.17, 15) is 19.1 Å². The molecule has 1 heterocycles. The summed E-state index contributed by atoms with van der Waals surface area (Å²) in [6, 6.07) is 4.89. The van der Waals surface area contributed by atoms with Gasteiger partial charge in [-0.1, -0.05) is 20.3 Å². The standard InChI is InChI=1S/C17H19FN2O3S/c1-4-9(2)13(17(22)23)20-15(21)14-10(3)19-16(24-14)11-5-7-12(18)8-6-11/h5-9,13H,4H2,1-3H3,(H,20,21)(H,22,23)/t9-,13-/m0/s1. The fraction of sp³-hybridized carbons (Fsp3) is 0.353. The third-order valence-corrected chi connectivity index (χ3v) is 5.06. The molecule has 0 saturated carbocycles. The summed E-state index contributed by atoms with van der Waals surface area (Å²) in [6.07, 6.45) is 0.639. The summed E-state index contributed by atoms with van der Waals surface area (Å²) in [4.78, 5) is 28.5. The smallest absolute Gasteiger partial charge is 0.326 e. The number of carbonyl (C=O) groups excluding carboxylic acids is 1. The maximum absolute atomic E-state index is 13.0. The van der Waals surface area contributed by atoms with Gasteiger partial charge in [0.2, 0.25) is 0 Å². The summed E-state index contributed by atoms with van der Waals surface area (Å²) in [6.45, 7) is 5.34. The molecule has 0 spiro atoms. The number of hydrogen-bond donors (Lipinski definition) is 2. The molecule has 0 radical (unpaired) electrons. The van der Waals surface area contributed by atoms with E-state index in [1.54, 1.807) is 26.0 Å². The van der Waals surface area contributed by atoms with E-state index in [2.05, 4.69) is 10.3 Å². The van der Waals surface area contributed by atoms with Gasteiger partial charge in [0, 0.05) is 5.56 Å². The van der Waals surface area contributed by atoms with Gasteiger partial charge in [0.1, 0.15) is 21.7 Å². The summed E-state index contributed by atoms with van der Waals surface area (Å²) < 4.78 is 13.0. The van der Waals surface area contributed by atoms with Crippen molar-refractivity contribution in [3.8, 4) is 10.6 Å². The van der Waals surface area contributed by atoms with Gasteiger partial charge >= 0.3 is 5.97 Å². The molecule has 1 amide bonds. The van der Waals surface area contributed by atoms with E-state index < -0.39 is 17.9 Å². The van der Waals surface area contributed by atoms with Gasteiger partial charge in [-0.25, -0.2) is 14.2 Å². The van der Waals surface area contributed by atoms with E-state index in [0.717, 1.165) is 11.3 Å². The first kappa shape index (κ1) is 18.1. The van der Waals surface area contributed by atoms with Gasteiger partial charge in [0.25, 0.3) is 5.91 Å². The minimum absolute atomic E-state index is 0.184. The highest BCUT2D eigenvalue weighted by Crippen LogP contribution is 2.28. The van der Waals surface area contributed by atoms with Crippen molar-refractivity contribution < 1.29 is 19.1 Å². The van der Waals surface area contributed by atoms with Gasteiger partial charge in [0.05, 0.1) is 5.69 Å². The summed E-state index contributed by atoms with van der Waals surface area (Å²) in [5, 5.41) is 12.4. The molecule has 128 valence electrons. The van der Waals surface area contributed by atoms with Crippen LogP contribution in [0, 0.1) is 18.7 Å². The van der Waals surface area contributed by atoms with Crippen LogP contribution in [0.5, 0.6) is 0 Å². The van der Waals surface area contributed by atoms with Crippen molar-refractivity contribution in [1.82, 2.24) is 10.3 Å². The number of thiazole rings is 1. The van der Waals surface area contributed by atoms with E-state index in [1.165, 1.54) is 12.1 Å². The highest BCUT2D eigenvalue weighted by atomic mass is 32.1. The Labute approximate surface area is 143 Å². The minimum atomic E-state index is -1.06. The molecular weight excluding hydrogens is 331 g/mol. The lowest BCUT2D eigenvalue weighted by molar-refractivity contribution is -0.140. The second-order valence-electron chi connectivity index (χ2n) is 5.62. The maximum Gasteiger partial charge on any atom is 0.326 e. The molecule has 0 unspecified atom stereocenters. The summed E-state index contributed by atoms with van der Waals surface area (Å²) >= 11 is 1.16. The molecule has 2 atom stereocenters. The predicted molar refractivity (Wildman–Crippen MR) is 90.6 cm³/mol. The quantitative estimate of drug-likeness (QED) is 0.836. The van der Waals surface area contributed by atoms with Crippen molar-refractivity contribution in [3.63, 3.8) is 0 Å². The number of aryl methyl sites for hydroxylation is 1. The van der Waals surface area contributed by atoms with Crippen LogP contribution in [0.3, 0.4) is 0 Å². The first-order valence-corrected chi connectivity index (χ1v) is 8.42. The number of aliphatic carboxylic acids is 1. The molecule has 24 heavy (non-hydrogen) atoms. The van der Waals surface area contributed by atoms with Crippen LogP contribution < -0.4 is 5.32 Å². The molecule has 0 fully saturated rings. The zero-order chi connectivity index (χ0) is 17.9. The Morgan fingerprint density at radius 2 is 1.96 bits per heavy atom. The number of benzene rings is 1. The third kappa shape index (κ3) is 3.97. The van der Waals surface area contributed by atoms with Crippen molar-refractivity contribution in [2.75, 3.05) is 0 Å². The SMILES string of the molecule is CC[C@H](C)[C@H](NC(=O)c1sc(-c2ccc(F)cc2)nc1C)C(=O)O. The van der Waals surface area contributed by atoms with Gasteiger partial charge in [-0.15, -0.1) is 11.3 Å². The fourth-order valence-corrected chi connectivity index (χ4v) is 3.19. The lowest BCUT2D eigenvalue weighted by atomic mass is 9.99. The van der Waals surface area contributed by atoms with Crippen LogP contribution in [-0.2, 0) is 4.79 Å². The number of aromatic nitrogens is 1. The number of carboxylic acids is 1. The molecule has 0 saturated heterocycles. The molecule has 0 aliphatic rings. The Kier molecular flexibility index (Phi) is 5.66. The van der Waals surface area contributed by atoms with Gasteiger partial charge in [-0.05, 0) is 37.1 Å². The Morgan fingerprint density at radius 1 is 1.33 bits per heavy atom. The van der Waals surface area contributed by atoms with E-state index in [4.69, 9.17) is 0 Å². The first-order chi connectivity index (χ1) is 11.3. The Morgan fingerprint density at radius 3 is 2.50 bits per heavy atom. The number of nitrogens with one attached hydrogen (secondary N) is 1. The lowest BCUT2D eigenvalue weighted by Gasteiger charge is -2.19. The van der Waals surface area contributed by atoms with Crippen molar-refractivity contribution in [3.05, 3.63) is 40.7 Å². The van der Waals surface area contributed by atoms with Crippen LogP contribution in [0.25, 0.3) is 10.6 Å². The highest BCUT2D eigenvalue weighted by Gasteiger charge is 2.27. The number of amides is 1. The topological polar surface area (TPSA) is 79.3 Å². The number of rotatable bonds is 6. The van der Waals surface area contributed by atoms with Crippen LogP contribution >= 0.6 is 11.3 Å². The van der Waals surface area contributed by atoms with Crippen molar-refractivity contribution in [2.24, 2.45) is 5.92 Å². The molecule has 0 aliphatic heterocycles. The van der Waals surface area contributed by atoms with Crippen LogP contribution in [0.4, 0.5) is 4.39 Å². The fourth-order valence-electron chi connectivity index (χ4n) is 2.21. The molecule has 1 aromatic carbocycles. The average Bonchev–Trinajstić information content (AvgIpc) is 2.94. The maximum atomic E-state index is 13.0. The molecule has 5 nitrogen and oxygen atoms in total. The third-order valence-electron chi connectivity index (χ3n) is 3.86. The molecule has 2 N–H and O–H groups in total. The van der Waals surface area contributed by atoms with Crippen molar-refractivity contribution >= 4 is 23.2 Å². The molecular formula is C17H19FN2O3S. The Bertz CT molecular complexity index is 743. The number of carbonyl (C=O) groups is 2. The van der Waals surface area contributed by atoms with Gasteiger partial charge in [-0.2, -0.15) is 0 Å². The number of nitrogens with zero attached hydrogens (tertiary/aromatic N) is 1. The summed E-state index contributed by atoms with van der Waals surface area (Å²) in [5.74, 6) is -2.04. The second kappa shape index (κ2) is 7.53. The van der Waals surface area contributed by atoms with Gasteiger partial charge < -0.3 is 10.4 Å². The Hall–Kier alpha value is -2.28. The van der Waals surface area contributed by atoms with Crippen molar-refractivity contribution in [2.45, 2.75) is 33.2 Å². The van der Waals surface area contributed by atoms with E-state index in [1.807, 2.05) is 6.92 Å². The molecule has 0 bridgehead atoms. The van der Waals surface area contributed by atoms with Crippen LogP contribution in [0.2, 0.25) is 0 Å². The summed E-state index contributed by atoms with van der Waals surface area (Å²) in [7, 11) is 0. The molecule has 0 aliphatic carbocycles. The minimum Gasteiger partial charge on any atom is -0.480 e. The highest BCUT2D eigenvalue weighted by molar-refractivity contribution is 7.17. The summed E-state index contributed by atoms with van der Waals surface area (Å²) in [5.41, 5.74) is 1.23.